The molecule has 6 heteroatoms. The normalized spacial score (nSPS) is 14.8. The van der Waals surface area contributed by atoms with Gasteiger partial charge in [-0.2, -0.15) is 8.78 Å². The Morgan fingerprint density at radius 2 is 1.93 bits per heavy atom. The van der Waals surface area contributed by atoms with Gasteiger partial charge in [0.05, 0.1) is 0 Å². The molecule has 0 saturated heterocycles. The van der Waals surface area contributed by atoms with Crippen molar-refractivity contribution in [1.29, 1.82) is 0 Å². The van der Waals surface area contributed by atoms with Crippen molar-refractivity contribution in [2.24, 2.45) is 0 Å². The standard InChI is InChI=1S/C8H15F4NO/c1-6(13-2)3-4-14-5-8(11,12)7(9)10/h6-7,13H,3-5H2,1-2H3. The Labute approximate surface area is 80.6 Å². The average Bonchev–Trinajstić information content (AvgIpc) is 2.11. The summed E-state index contributed by atoms with van der Waals surface area (Å²) in [4.78, 5) is 0. The summed E-state index contributed by atoms with van der Waals surface area (Å²) in [7, 11) is 1.72. The van der Waals surface area contributed by atoms with Gasteiger partial charge >= 0.3 is 12.3 Å². The van der Waals surface area contributed by atoms with Crippen LogP contribution >= 0.6 is 0 Å². The van der Waals surface area contributed by atoms with Gasteiger partial charge in [-0.05, 0) is 20.4 Å². The number of rotatable bonds is 7. The fraction of sp³-hybridized carbons (Fsp3) is 1.00. The molecule has 0 aliphatic heterocycles. The van der Waals surface area contributed by atoms with Crippen molar-refractivity contribution in [2.75, 3.05) is 20.3 Å². The lowest BCUT2D eigenvalue weighted by Gasteiger charge is -2.16. The fourth-order valence-corrected chi connectivity index (χ4v) is 0.676. The van der Waals surface area contributed by atoms with E-state index in [1.165, 1.54) is 0 Å². The van der Waals surface area contributed by atoms with Crippen molar-refractivity contribution < 1.29 is 22.3 Å². The molecular weight excluding hydrogens is 202 g/mol. The Morgan fingerprint density at radius 1 is 1.36 bits per heavy atom. The molecule has 1 unspecified atom stereocenters. The first kappa shape index (κ1) is 13.6. The molecule has 0 heterocycles. The quantitative estimate of drug-likeness (QED) is 0.519. The van der Waals surface area contributed by atoms with Gasteiger partial charge in [0.2, 0.25) is 0 Å². The molecule has 0 bridgehead atoms. The molecule has 0 radical (unpaired) electrons. The molecule has 0 fully saturated rings. The van der Waals surface area contributed by atoms with E-state index in [0.717, 1.165) is 0 Å². The van der Waals surface area contributed by atoms with Gasteiger partial charge < -0.3 is 10.1 Å². The third-order valence-corrected chi connectivity index (χ3v) is 1.80. The van der Waals surface area contributed by atoms with Crippen molar-refractivity contribution in [3.8, 4) is 0 Å². The molecule has 2 nitrogen and oxygen atoms in total. The molecule has 14 heavy (non-hydrogen) atoms. The zero-order valence-corrected chi connectivity index (χ0v) is 8.20. The summed E-state index contributed by atoms with van der Waals surface area (Å²) < 4.78 is 52.2. The van der Waals surface area contributed by atoms with E-state index in [4.69, 9.17) is 0 Å². The van der Waals surface area contributed by atoms with Gasteiger partial charge in [-0.3, -0.25) is 0 Å². The van der Waals surface area contributed by atoms with E-state index in [-0.39, 0.29) is 12.6 Å². The zero-order valence-electron chi connectivity index (χ0n) is 8.20. The molecule has 0 amide bonds. The van der Waals surface area contributed by atoms with Gasteiger partial charge in [-0.15, -0.1) is 0 Å². The van der Waals surface area contributed by atoms with E-state index in [1.54, 1.807) is 7.05 Å². The Balaban J connectivity index is 3.54. The van der Waals surface area contributed by atoms with Crippen LogP contribution < -0.4 is 5.32 Å². The molecule has 0 spiro atoms. The molecule has 0 saturated carbocycles. The summed E-state index contributed by atoms with van der Waals surface area (Å²) in [6.45, 7) is 0.667. The van der Waals surface area contributed by atoms with Crippen LogP contribution in [0.1, 0.15) is 13.3 Å². The lowest BCUT2D eigenvalue weighted by Crippen LogP contribution is -2.33. The fourth-order valence-electron chi connectivity index (χ4n) is 0.676. The molecular formula is C8H15F4NO. The van der Waals surface area contributed by atoms with Crippen LogP contribution in [0.5, 0.6) is 0 Å². The third-order valence-electron chi connectivity index (χ3n) is 1.80. The Morgan fingerprint density at radius 3 is 2.36 bits per heavy atom. The van der Waals surface area contributed by atoms with Gasteiger partial charge in [0, 0.05) is 12.6 Å². The van der Waals surface area contributed by atoms with Gasteiger partial charge in [0.15, 0.2) is 0 Å². The highest BCUT2D eigenvalue weighted by Gasteiger charge is 2.40. The highest BCUT2D eigenvalue weighted by Crippen LogP contribution is 2.22. The van der Waals surface area contributed by atoms with E-state index >= 15 is 0 Å². The van der Waals surface area contributed by atoms with Crippen molar-refractivity contribution in [2.45, 2.75) is 31.7 Å². The van der Waals surface area contributed by atoms with Crippen LogP contribution in [-0.4, -0.2) is 38.7 Å². The molecule has 1 N–H and O–H groups in total. The molecule has 86 valence electrons. The number of alkyl halides is 4. The first-order valence-electron chi connectivity index (χ1n) is 4.31. The van der Waals surface area contributed by atoms with Gasteiger partial charge in [0.1, 0.15) is 6.61 Å². The summed E-state index contributed by atoms with van der Waals surface area (Å²) in [6, 6.07) is 0.121. The summed E-state index contributed by atoms with van der Waals surface area (Å²) in [5.41, 5.74) is 0. The highest BCUT2D eigenvalue weighted by molar-refractivity contribution is 4.68. The van der Waals surface area contributed by atoms with Crippen LogP contribution in [0.15, 0.2) is 0 Å². The minimum atomic E-state index is -4.04. The van der Waals surface area contributed by atoms with Crippen LogP contribution in [0.3, 0.4) is 0 Å². The Kier molecular flexibility index (Phi) is 6.03. The number of hydrogen-bond donors (Lipinski definition) is 1. The summed E-state index contributed by atoms with van der Waals surface area (Å²) >= 11 is 0. The third kappa shape index (κ3) is 5.39. The molecule has 0 rings (SSSR count). The number of halogens is 4. The van der Waals surface area contributed by atoms with Crippen LogP contribution in [-0.2, 0) is 4.74 Å². The van der Waals surface area contributed by atoms with E-state index in [9.17, 15) is 17.6 Å². The van der Waals surface area contributed by atoms with Crippen molar-refractivity contribution in [3.63, 3.8) is 0 Å². The molecule has 0 aliphatic carbocycles. The predicted octanol–water partition coefficient (Wildman–Crippen LogP) is 1.90. The number of hydrogen-bond acceptors (Lipinski definition) is 2. The van der Waals surface area contributed by atoms with Crippen LogP contribution in [0.25, 0.3) is 0 Å². The smallest absolute Gasteiger partial charge is 0.330 e. The summed E-state index contributed by atoms with van der Waals surface area (Å²) in [5, 5.41) is 2.87. The van der Waals surface area contributed by atoms with Crippen molar-refractivity contribution in [1.82, 2.24) is 5.32 Å². The topological polar surface area (TPSA) is 21.3 Å². The maximum atomic E-state index is 12.3. The first-order valence-corrected chi connectivity index (χ1v) is 4.31. The van der Waals surface area contributed by atoms with E-state index in [0.29, 0.717) is 6.42 Å². The monoisotopic (exact) mass is 217 g/mol. The number of nitrogens with one attached hydrogen (secondary N) is 1. The summed E-state index contributed by atoms with van der Waals surface area (Å²) in [6.07, 6.45) is -3.15. The van der Waals surface area contributed by atoms with Gasteiger partial charge in [-0.1, -0.05) is 0 Å². The molecule has 0 aromatic rings. The van der Waals surface area contributed by atoms with Crippen LogP contribution in [0.2, 0.25) is 0 Å². The average molecular weight is 217 g/mol. The molecule has 1 atom stereocenters. The number of ether oxygens (including phenoxy) is 1. The SMILES string of the molecule is CNC(C)CCOCC(F)(F)C(F)F. The maximum Gasteiger partial charge on any atom is 0.330 e. The second-order valence-corrected chi connectivity index (χ2v) is 3.09. The van der Waals surface area contributed by atoms with Crippen LogP contribution in [0.4, 0.5) is 17.6 Å². The molecule has 0 aliphatic rings. The van der Waals surface area contributed by atoms with Gasteiger partial charge in [-0.25, -0.2) is 8.78 Å². The predicted molar refractivity (Wildman–Crippen MR) is 44.9 cm³/mol. The minimum absolute atomic E-state index is 0.0459. The van der Waals surface area contributed by atoms with Crippen LogP contribution in [0, 0.1) is 0 Å². The Hall–Kier alpha value is -0.360. The second kappa shape index (κ2) is 6.19. The maximum absolute atomic E-state index is 12.3. The zero-order chi connectivity index (χ0) is 11.2. The Bertz CT molecular complexity index is 154. The van der Waals surface area contributed by atoms with Crippen molar-refractivity contribution >= 4 is 0 Å². The molecule has 0 aromatic carbocycles. The summed E-state index contributed by atoms with van der Waals surface area (Å²) in [5.74, 6) is -4.04. The van der Waals surface area contributed by atoms with E-state index in [1.807, 2.05) is 6.92 Å². The van der Waals surface area contributed by atoms with Gasteiger partial charge in [0.25, 0.3) is 0 Å². The lowest BCUT2D eigenvalue weighted by molar-refractivity contribution is -0.166. The lowest BCUT2D eigenvalue weighted by atomic mass is 10.2. The molecule has 0 aromatic heterocycles. The largest absolute Gasteiger partial charge is 0.375 e. The second-order valence-electron chi connectivity index (χ2n) is 3.09. The van der Waals surface area contributed by atoms with Crippen molar-refractivity contribution in [3.05, 3.63) is 0 Å². The van der Waals surface area contributed by atoms with E-state index in [2.05, 4.69) is 10.1 Å². The first-order chi connectivity index (χ1) is 6.40. The highest BCUT2D eigenvalue weighted by atomic mass is 19.3. The van der Waals surface area contributed by atoms with E-state index < -0.39 is 19.0 Å². The minimum Gasteiger partial charge on any atom is -0.375 e.